The Morgan fingerprint density at radius 3 is 2.07 bits per heavy atom. The Kier molecular flexibility index (Phi) is 3.88. The van der Waals surface area contributed by atoms with E-state index in [-0.39, 0.29) is 6.54 Å². The summed E-state index contributed by atoms with van der Waals surface area (Å²) in [6.45, 7) is 5.08. The Morgan fingerprint density at radius 1 is 1.36 bits per heavy atom. The third-order valence-electron chi connectivity index (χ3n) is 1.69. The summed E-state index contributed by atoms with van der Waals surface area (Å²) in [6.07, 6.45) is -1.15. The van der Waals surface area contributed by atoms with Crippen LogP contribution in [0, 0.1) is 0 Å². The number of likely N-dealkylation sites (N-methyl/N-ethyl adjacent to an activating group) is 1. The summed E-state index contributed by atoms with van der Waals surface area (Å²) >= 11 is 0. The van der Waals surface area contributed by atoms with E-state index >= 15 is 0 Å². The van der Waals surface area contributed by atoms with Crippen LogP contribution in [0.2, 0.25) is 0 Å². The van der Waals surface area contributed by atoms with E-state index in [0.29, 0.717) is 0 Å². The maximum atomic E-state index is 11.4. The number of hydrogen-bond donors (Lipinski definition) is 2. The molecular formula is C8H17N3O3. The van der Waals surface area contributed by atoms with Crippen LogP contribution in [-0.2, 0) is 4.79 Å². The Morgan fingerprint density at radius 2 is 1.79 bits per heavy atom. The lowest BCUT2D eigenvalue weighted by molar-refractivity contribution is -0.136. The van der Waals surface area contributed by atoms with Gasteiger partial charge in [0.25, 0.3) is 5.91 Å². The monoisotopic (exact) mass is 203 g/mol. The normalized spacial score (nSPS) is 10.9. The molecule has 0 aromatic carbocycles. The molecule has 0 aliphatic carbocycles. The van der Waals surface area contributed by atoms with E-state index in [1.165, 1.54) is 7.05 Å². The van der Waals surface area contributed by atoms with Crippen LogP contribution in [-0.4, -0.2) is 46.1 Å². The highest BCUT2D eigenvalue weighted by molar-refractivity contribution is 5.81. The predicted octanol–water partition coefficient (Wildman–Crippen LogP) is 0.0970. The van der Waals surface area contributed by atoms with Crippen molar-refractivity contribution < 1.29 is 14.7 Å². The molecule has 3 N–H and O–H groups in total. The maximum absolute atomic E-state index is 11.4. The van der Waals surface area contributed by atoms with E-state index < -0.39 is 17.5 Å². The fourth-order valence-electron chi connectivity index (χ4n) is 0.721. The Bertz CT molecular complexity index is 234. The van der Waals surface area contributed by atoms with Crippen LogP contribution in [0.1, 0.15) is 20.8 Å². The number of carbonyl (C=O) groups is 2. The highest BCUT2D eigenvalue weighted by atomic mass is 16.4. The van der Waals surface area contributed by atoms with Crippen molar-refractivity contribution in [2.24, 2.45) is 5.84 Å². The van der Waals surface area contributed by atoms with Gasteiger partial charge in [-0.25, -0.2) is 10.6 Å². The number of nitrogens with two attached hydrogens (primary N) is 1. The number of hydrazine groups is 1. The van der Waals surface area contributed by atoms with E-state index in [1.54, 1.807) is 20.8 Å². The van der Waals surface area contributed by atoms with Crippen molar-refractivity contribution in [1.82, 2.24) is 9.91 Å². The number of hydrogen-bond acceptors (Lipinski definition) is 3. The molecule has 0 saturated carbocycles. The van der Waals surface area contributed by atoms with Gasteiger partial charge < -0.3 is 10.0 Å². The van der Waals surface area contributed by atoms with Gasteiger partial charge in [-0.1, -0.05) is 0 Å². The molecule has 0 aromatic rings. The highest BCUT2D eigenvalue weighted by Gasteiger charge is 2.24. The molecule has 0 aliphatic rings. The van der Waals surface area contributed by atoms with Gasteiger partial charge in [0.2, 0.25) is 0 Å². The van der Waals surface area contributed by atoms with E-state index in [9.17, 15) is 9.59 Å². The third kappa shape index (κ3) is 3.61. The van der Waals surface area contributed by atoms with Crippen LogP contribution in [0.5, 0.6) is 0 Å². The van der Waals surface area contributed by atoms with Gasteiger partial charge in [0.15, 0.2) is 0 Å². The van der Waals surface area contributed by atoms with Gasteiger partial charge in [0, 0.05) is 7.05 Å². The molecule has 0 aromatic heterocycles. The first-order chi connectivity index (χ1) is 6.16. The summed E-state index contributed by atoms with van der Waals surface area (Å²) < 4.78 is 0. The zero-order valence-electron chi connectivity index (χ0n) is 8.94. The average molecular weight is 203 g/mol. The number of rotatable bonds is 2. The predicted molar refractivity (Wildman–Crippen MR) is 51.4 cm³/mol. The second kappa shape index (κ2) is 4.28. The lowest BCUT2D eigenvalue weighted by atomic mass is 10.1. The van der Waals surface area contributed by atoms with Crippen molar-refractivity contribution in [3.8, 4) is 0 Å². The summed E-state index contributed by atoms with van der Waals surface area (Å²) in [5.41, 5.74) is -0.504. The van der Waals surface area contributed by atoms with E-state index in [1.807, 2.05) is 0 Å². The molecule has 14 heavy (non-hydrogen) atoms. The molecule has 0 saturated heterocycles. The largest absolute Gasteiger partial charge is 0.465 e. The van der Waals surface area contributed by atoms with Crippen molar-refractivity contribution in [2.75, 3.05) is 13.6 Å². The van der Waals surface area contributed by atoms with Crippen LogP contribution in [0.25, 0.3) is 0 Å². The molecule has 0 aliphatic heterocycles. The quantitative estimate of drug-likeness (QED) is 0.378. The Hall–Kier alpha value is -1.30. The van der Waals surface area contributed by atoms with Gasteiger partial charge in [-0.15, -0.1) is 0 Å². The molecule has 0 rings (SSSR count). The van der Waals surface area contributed by atoms with Crippen LogP contribution in [0.3, 0.4) is 0 Å². The molecule has 0 fully saturated rings. The van der Waals surface area contributed by atoms with E-state index in [0.717, 1.165) is 9.91 Å². The van der Waals surface area contributed by atoms with Crippen molar-refractivity contribution >= 4 is 12.0 Å². The number of amides is 2. The molecule has 0 spiro atoms. The molecular weight excluding hydrogens is 186 g/mol. The molecule has 0 atom stereocenters. The zero-order chi connectivity index (χ0) is 11.5. The highest BCUT2D eigenvalue weighted by Crippen LogP contribution is 2.08. The summed E-state index contributed by atoms with van der Waals surface area (Å²) in [5, 5.41) is 9.56. The number of nitrogens with zero attached hydrogens (tertiary/aromatic N) is 2. The Labute approximate surface area is 83.2 Å². The van der Waals surface area contributed by atoms with Crippen LogP contribution in [0.4, 0.5) is 4.79 Å². The molecule has 82 valence electrons. The topological polar surface area (TPSA) is 86.9 Å². The van der Waals surface area contributed by atoms with Gasteiger partial charge in [0.1, 0.15) is 6.54 Å². The molecule has 0 radical (unpaired) electrons. The van der Waals surface area contributed by atoms with Gasteiger partial charge >= 0.3 is 6.09 Å². The number of carbonyl (C=O) groups excluding carboxylic acids is 1. The first kappa shape index (κ1) is 12.7. The molecule has 6 heteroatoms. The molecule has 0 unspecified atom stereocenters. The van der Waals surface area contributed by atoms with E-state index in [2.05, 4.69) is 0 Å². The first-order valence-corrected chi connectivity index (χ1v) is 4.18. The summed E-state index contributed by atoms with van der Waals surface area (Å²) in [4.78, 5) is 22.7. The summed E-state index contributed by atoms with van der Waals surface area (Å²) in [7, 11) is 1.32. The van der Waals surface area contributed by atoms with Gasteiger partial charge in [0.05, 0.1) is 5.54 Å². The minimum atomic E-state index is -1.15. The zero-order valence-corrected chi connectivity index (χ0v) is 8.94. The summed E-state index contributed by atoms with van der Waals surface area (Å²) in [5.74, 6) is 5.08. The standard InChI is InChI=1S/C8H17N3O3/c1-8(2,3)11(9)6(12)5-10(4)7(13)14/h5,9H2,1-4H3,(H,13,14). The minimum Gasteiger partial charge on any atom is -0.465 e. The van der Waals surface area contributed by atoms with Gasteiger partial charge in [-0.05, 0) is 20.8 Å². The van der Waals surface area contributed by atoms with Crippen LogP contribution >= 0.6 is 0 Å². The maximum Gasteiger partial charge on any atom is 0.407 e. The second-order valence-corrected chi connectivity index (χ2v) is 4.07. The fourth-order valence-corrected chi connectivity index (χ4v) is 0.721. The molecule has 6 nitrogen and oxygen atoms in total. The van der Waals surface area contributed by atoms with Crippen LogP contribution in [0.15, 0.2) is 0 Å². The minimum absolute atomic E-state index is 0.233. The molecule has 2 amide bonds. The van der Waals surface area contributed by atoms with E-state index in [4.69, 9.17) is 10.9 Å². The van der Waals surface area contributed by atoms with Crippen molar-refractivity contribution in [1.29, 1.82) is 0 Å². The smallest absolute Gasteiger partial charge is 0.407 e. The lowest BCUT2D eigenvalue weighted by Gasteiger charge is -2.31. The fraction of sp³-hybridized carbons (Fsp3) is 0.750. The van der Waals surface area contributed by atoms with Crippen molar-refractivity contribution in [3.63, 3.8) is 0 Å². The van der Waals surface area contributed by atoms with Gasteiger partial charge in [-0.3, -0.25) is 9.80 Å². The van der Waals surface area contributed by atoms with Crippen molar-refractivity contribution in [3.05, 3.63) is 0 Å². The molecule has 0 bridgehead atoms. The van der Waals surface area contributed by atoms with Crippen molar-refractivity contribution in [2.45, 2.75) is 26.3 Å². The molecule has 0 heterocycles. The SMILES string of the molecule is CN(CC(=O)N(N)C(C)(C)C)C(=O)O. The second-order valence-electron chi connectivity index (χ2n) is 4.07. The summed E-state index contributed by atoms with van der Waals surface area (Å²) in [6, 6.07) is 0. The van der Waals surface area contributed by atoms with Gasteiger partial charge in [-0.2, -0.15) is 0 Å². The third-order valence-corrected chi connectivity index (χ3v) is 1.69. The number of carboxylic acid groups (broad SMARTS) is 1. The average Bonchev–Trinajstić information content (AvgIpc) is 2.00. The first-order valence-electron chi connectivity index (χ1n) is 4.18. The Balaban J connectivity index is 4.29. The lowest BCUT2D eigenvalue weighted by Crippen LogP contribution is -2.53. The van der Waals surface area contributed by atoms with Crippen LogP contribution < -0.4 is 5.84 Å².